The molecule has 230 valence electrons. The minimum absolute atomic E-state index is 0.0793. The highest BCUT2D eigenvalue weighted by Gasteiger charge is 2.40. The van der Waals surface area contributed by atoms with E-state index in [9.17, 15) is 36.6 Å². The van der Waals surface area contributed by atoms with Crippen LogP contribution in [0.1, 0.15) is 86.5 Å². The largest absolute Gasteiger partial charge is 0.414 e. The smallest absolute Gasteiger partial charge is 0.369 e. The van der Waals surface area contributed by atoms with Crippen molar-refractivity contribution in [1.82, 2.24) is 35.0 Å². The highest BCUT2D eigenvalue weighted by molar-refractivity contribution is 5.92. The number of carbonyl (C=O) groups is 2. The zero-order valence-electron chi connectivity index (χ0n) is 23.1. The molecule has 16 heteroatoms. The van der Waals surface area contributed by atoms with Crippen molar-refractivity contribution in [3.8, 4) is 0 Å². The van der Waals surface area contributed by atoms with Crippen LogP contribution in [0.4, 0.5) is 22.0 Å². The zero-order chi connectivity index (χ0) is 30.8. The van der Waals surface area contributed by atoms with Crippen LogP contribution in [0.2, 0.25) is 0 Å². The Labute approximate surface area is 237 Å². The fourth-order valence-corrected chi connectivity index (χ4v) is 4.73. The van der Waals surface area contributed by atoms with Gasteiger partial charge < -0.3 is 20.5 Å². The van der Waals surface area contributed by atoms with E-state index in [1.165, 1.54) is 29.2 Å². The molecule has 0 unspecified atom stereocenters. The van der Waals surface area contributed by atoms with E-state index in [1.54, 1.807) is 10.7 Å². The van der Waals surface area contributed by atoms with Gasteiger partial charge in [-0.25, -0.2) is 18.3 Å². The summed E-state index contributed by atoms with van der Waals surface area (Å²) in [5, 5.41) is 23.8. The van der Waals surface area contributed by atoms with Gasteiger partial charge in [-0.05, 0) is 51.7 Å². The number of aliphatic hydroxyl groups excluding tert-OH is 1. The van der Waals surface area contributed by atoms with E-state index in [0.29, 0.717) is 11.4 Å². The fourth-order valence-electron chi connectivity index (χ4n) is 4.73. The number of ether oxygens (including phenoxy) is 1. The standard InChI is InChI=1S/C26H32F5N7O4/c1-14(2)38-19(6-9-32-38)24(41)36-22(16-4-7-25(27,28)8-5-16)18-12-37-20(34-18)10-17(11-33-37)23(40)35-21(39)13-42-15(3)26(29,30)31/h6,9-12,14-16,22-23,40H,4-5,7-8,13H2,1-3H3,(H,35,39)(H,36,41)/t15-,22+,23-/m1/s1. The second-order valence-electron chi connectivity index (χ2n) is 10.6. The minimum atomic E-state index is -4.64. The Morgan fingerprint density at radius 2 is 1.86 bits per heavy atom. The van der Waals surface area contributed by atoms with E-state index in [2.05, 4.69) is 30.6 Å². The Bertz CT molecular complexity index is 1400. The van der Waals surface area contributed by atoms with Crippen LogP contribution in [-0.4, -0.2) is 66.1 Å². The molecule has 3 N–H and O–H groups in total. The molecule has 1 fully saturated rings. The van der Waals surface area contributed by atoms with Crippen LogP contribution < -0.4 is 10.6 Å². The van der Waals surface area contributed by atoms with Crippen LogP contribution in [0.25, 0.3) is 5.65 Å². The molecule has 1 aliphatic rings. The van der Waals surface area contributed by atoms with Gasteiger partial charge in [0.05, 0.1) is 24.1 Å². The van der Waals surface area contributed by atoms with Gasteiger partial charge in [-0.1, -0.05) is 0 Å². The summed E-state index contributed by atoms with van der Waals surface area (Å²) in [7, 11) is 0. The monoisotopic (exact) mass is 601 g/mol. The number of fused-ring (bicyclic) bond motifs is 1. The quantitative estimate of drug-likeness (QED) is 0.237. The molecular formula is C26H32F5N7O4. The summed E-state index contributed by atoms with van der Waals surface area (Å²) in [6.45, 7) is 3.55. The molecule has 2 amide bonds. The first-order valence-electron chi connectivity index (χ1n) is 13.4. The topological polar surface area (TPSA) is 136 Å². The molecule has 0 bridgehead atoms. The predicted octanol–water partition coefficient (Wildman–Crippen LogP) is 3.88. The Morgan fingerprint density at radius 1 is 1.17 bits per heavy atom. The molecule has 0 radical (unpaired) electrons. The molecule has 1 aliphatic carbocycles. The van der Waals surface area contributed by atoms with E-state index in [-0.39, 0.29) is 48.9 Å². The number of imidazole rings is 1. The maximum absolute atomic E-state index is 13.9. The number of nitrogens with zero attached hydrogens (tertiary/aromatic N) is 5. The molecule has 0 spiro atoms. The molecule has 4 rings (SSSR count). The van der Waals surface area contributed by atoms with Gasteiger partial charge >= 0.3 is 6.18 Å². The normalized spacial score (nSPS) is 18.1. The van der Waals surface area contributed by atoms with Crippen molar-refractivity contribution < 1.29 is 41.4 Å². The van der Waals surface area contributed by atoms with Crippen molar-refractivity contribution in [3.63, 3.8) is 0 Å². The number of nitrogens with one attached hydrogen (secondary N) is 2. The van der Waals surface area contributed by atoms with E-state index in [1.807, 2.05) is 13.8 Å². The van der Waals surface area contributed by atoms with Crippen molar-refractivity contribution in [3.05, 3.63) is 47.7 Å². The average Bonchev–Trinajstić information content (AvgIpc) is 3.57. The van der Waals surface area contributed by atoms with Crippen LogP contribution in [0.5, 0.6) is 0 Å². The van der Waals surface area contributed by atoms with E-state index < -0.39 is 48.9 Å². The van der Waals surface area contributed by atoms with Crippen LogP contribution in [0, 0.1) is 5.92 Å². The highest BCUT2D eigenvalue weighted by Crippen LogP contribution is 2.41. The van der Waals surface area contributed by atoms with E-state index in [4.69, 9.17) is 0 Å². The number of aromatic nitrogens is 5. The number of aliphatic hydroxyl groups is 1. The number of alkyl halides is 5. The van der Waals surface area contributed by atoms with Crippen molar-refractivity contribution in [2.45, 2.75) is 83.0 Å². The molecule has 0 aliphatic heterocycles. The van der Waals surface area contributed by atoms with Gasteiger partial charge in [0.2, 0.25) is 11.8 Å². The molecule has 11 nitrogen and oxygen atoms in total. The van der Waals surface area contributed by atoms with Crippen LogP contribution in [-0.2, 0) is 9.53 Å². The Morgan fingerprint density at radius 3 is 2.50 bits per heavy atom. The maximum atomic E-state index is 13.9. The summed E-state index contributed by atoms with van der Waals surface area (Å²) in [5.41, 5.74) is 0.945. The second-order valence-corrected chi connectivity index (χ2v) is 10.6. The lowest BCUT2D eigenvalue weighted by Crippen LogP contribution is -2.38. The SMILES string of the molecule is CC(C)n1nccc1C(=O)N[C@H](c1cn2ncc([C@@H](O)NC(=O)CO[C@H](C)C(F)(F)F)cc2n1)C1CCC(F)(F)CC1. The lowest BCUT2D eigenvalue weighted by Gasteiger charge is -2.33. The first-order valence-corrected chi connectivity index (χ1v) is 13.4. The Balaban J connectivity index is 1.53. The first-order chi connectivity index (χ1) is 19.6. The van der Waals surface area contributed by atoms with Gasteiger partial charge in [0.25, 0.3) is 5.91 Å². The van der Waals surface area contributed by atoms with Crippen molar-refractivity contribution in [2.24, 2.45) is 5.92 Å². The number of carbonyl (C=O) groups excluding carboxylic acids is 2. The third kappa shape index (κ3) is 7.40. The molecule has 0 saturated heterocycles. The van der Waals surface area contributed by atoms with Gasteiger partial charge in [0.15, 0.2) is 18.0 Å². The number of amides is 2. The highest BCUT2D eigenvalue weighted by atomic mass is 19.4. The summed E-state index contributed by atoms with van der Waals surface area (Å²) >= 11 is 0. The molecule has 0 aromatic carbocycles. The summed E-state index contributed by atoms with van der Waals surface area (Å²) in [6, 6.07) is 2.11. The van der Waals surface area contributed by atoms with E-state index in [0.717, 1.165) is 6.92 Å². The summed E-state index contributed by atoms with van der Waals surface area (Å²) in [5.74, 6) is -4.57. The maximum Gasteiger partial charge on any atom is 0.414 e. The molecule has 1 saturated carbocycles. The lowest BCUT2D eigenvalue weighted by molar-refractivity contribution is -0.213. The Hall–Kier alpha value is -3.66. The molecule has 3 aromatic heterocycles. The van der Waals surface area contributed by atoms with Crippen LogP contribution in [0.15, 0.2) is 30.7 Å². The minimum Gasteiger partial charge on any atom is -0.369 e. The molecule has 3 atom stereocenters. The predicted molar refractivity (Wildman–Crippen MR) is 137 cm³/mol. The number of halogens is 5. The summed E-state index contributed by atoms with van der Waals surface area (Å²) in [4.78, 5) is 29.8. The first kappa shape index (κ1) is 31.3. The van der Waals surface area contributed by atoms with Crippen molar-refractivity contribution in [1.29, 1.82) is 0 Å². The molecule has 42 heavy (non-hydrogen) atoms. The average molecular weight is 602 g/mol. The van der Waals surface area contributed by atoms with Crippen LogP contribution in [0.3, 0.4) is 0 Å². The Kier molecular flexibility index (Phi) is 9.15. The van der Waals surface area contributed by atoms with Gasteiger partial charge in [-0.2, -0.15) is 23.4 Å². The summed E-state index contributed by atoms with van der Waals surface area (Å²) in [6.07, 6.45) is -4.56. The number of rotatable bonds is 10. The second kappa shape index (κ2) is 12.3. The summed E-state index contributed by atoms with van der Waals surface area (Å²) < 4.78 is 73.1. The van der Waals surface area contributed by atoms with E-state index >= 15 is 0 Å². The molecule has 3 heterocycles. The van der Waals surface area contributed by atoms with Gasteiger partial charge in [0, 0.05) is 30.6 Å². The molecular weight excluding hydrogens is 569 g/mol. The zero-order valence-corrected chi connectivity index (χ0v) is 23.1. The van der Waals surface area contributed by atoms with Crippen molar-refractivity contribution in [2.75, 3.05) is 6.61 Å². The van der Waals surface area contributed by atoms with Gasteiger partial charge in [0.1, 0.15) is 12.3 Å². The third-order valence-electron chi connectivity index (χ3n) is 7.13. The molecule has 3 aromatic rings. The van der Waals surface area contributed by atoms with Gasteiger partial charge in [-0.3, -0.25) is 14.3 Å². The third-order valence-corrected chi connectivity index (χ3v) is 7.13. The fraction of sp³-hybridized carbons (Fsp3) is 0.577. The van der Waals surface area contributed by atoms with Gasteiger partial charge in [-0.15, -0.1) is 0 Å². The van der Waals surface area contributed by atoms with Crippen LogP contribution >= 0.6 is 0 Å². The lowest BCUT2D eigenvalue weighted by atomic mass is 9.81. The van der Waals surface area contributed by atoms with Crippen molar-refractivity contribution >= 4 is 17.5 Å². The number of hydrogen-bond donors (Lipinski definition) is 3. The number of hydrogen-bond acceptors (Lipinski definition) is 7.